The summed E-state index contributed by atoms with van der Waals surface area (Å²) in [6, 6.07) is 4.84. The van der Waals surface area contributed by atoms with Crippen LogP contribution in [-0.4, -0.2) is 62.7 Å². The second kappa shape index (κ2) is 11.0. The molecule has 2 aliphatic carbocycles. The van der Waals surface area contributed by atoms with Crippen LogP contribution in [0.1, 0.15) is 94.5 Å². The van der Waals surface area contributed by atoms with E-state index in [2.05, 4.69) is 36.3 Å². The summed E-state index contributed by atoms with van der Waals surface area (Å²) in [4.78, 5) is 31.2. The van der Waals surface area contributed by atoms with Crippen LogP contribution in [0.25, 0.3) is 0 Å². The van der Waals surface area contributed by atoms with Crippen LogP contribution in [0.2, 0.25) is 0 Å². The zero-order chi connectivity index (χ0) is 29.5. The molecule has 2 saturated carbocycles. The van der Waals surface area contributed by atoms with Crippen LogP contribution in [0, 0.1) is 11.5 Å². The predicted molar refractivity (Wildman–Crippen MR) is 148 cm³/mol. The van der Waals surface area contributed by atoms with Crippen LogP contribution < -0.4 is 10.2 Å². The first-order valence-electron chi connectivity index (χ1n) is 14.4. The van der Waals surface area contributed by atoms with Gasteiger partial charge in [-0.05, 0) is 48.8 Å². The van der Waals surface area contributed by atoms with E-state index in [0.717, 1.165) is 24.1 Å². The number of hydrogen-bond donors (Lipinski definition) is 3. The Morgan fingerprint density at radius 1 is 1.20 bits per heavy atom. The number of H-pyrrole nitrogens is 1. The van der Waals surface area contributed by atoms with E-state index in [0.29, 0.717) is 11.3 Å². The molecule has 3 atom stereocenters. The highest BCUT2D eigenvalue weighted by atomic mass is 19.3. The first kappa shape index (κ1) is 29.0. The molecule has 5 rings (SSSR count). The Kier molecular flexibility index (Phi) is 7.81. The quantitative estimate of drug-likeness (QED) is 0.429. The SMILES string of the molecule is CC(C)(C)c1ccc(N(C(=O)[C@H]2C[C@@H](O)CN2C#N)C(C(=O)NC2CCC(F)(F)CC2)c2cn[nH]c2C2CC2)cc1. The van der Waals surface area contributed by atoms with Crippen molar-refractivity contribution in [2.75, 3.05) is 11.4 Å². The largest absolute Gasteiger partial charge is 0.391 e. The van der Waals surface area contributed by atoms with E-state index >= 15 is 0 Å². The van der Waals surface area contributed by atoms with Crippen LogP contribution in [0.4, 0.5) is 14.5 Å². The van der Waals surface area contributed by atoms with Crippen LogP contribution in [0.15, 0.2) is 30.5 Å². The molecule has 1 aromatic heterocycles. The average Bonchev–Trinajstić information content (AvgIpc) is 3.52. The van der Waals surface area contributed by atoms with Crippen molar-refractivity contribution in [1.82, 2.24) is 20.4 Å². The van der Waals surface area contributed by atoms with Gasteiger partial charge in [-0.1, -0.05) is 32.9 Å². The number of β-amino-alcohol motifs (C(OH)–C–C–N with tert-alkyl or cyclic N) is 1. The van der Waals surface area contributed by atoms with Gasteiger partial charge in [-0.3, -0.25) is 24.5 Å². The molecule has 220 valence electrons. The highest BCUT2D eigenvalue weighted by molar-refractivity contribution is 6.04. The summed E-state index contributed by atoms with van der Waals surface area (Å²) in [7, 11) is 0. The Morgan fingerprint density at radius 3 is 2.44 bits per heavy atom. The number of aromatic amines is 1. The van der Waals surface area contributed by atoms with Gasteiger partial charge >= 0.3 is 0 Å². The number of likely N-dealkylation sites (tertiary alicyclic amines) is 1. The molecular weight excluding hydrogens is 530 g/mol. The lowest BCUT2D eigenvalue weighted by Crippen LogP contribution is -2.52. The summed E-state index contributed by atoms with van der Waals surface area (Å²) in [5.74, 6) is -3.55. The minimum absolute atomic E-state index is 0.0237. The van der Waals surface area contributed by atoms with E-state index in [-0.39, 0.29) is 50.0 Å². The number of aromatic nitrogens is 2. The molecule has 3 aliphatic rings. The van der Waals surface area contributed by atoms with Gasteiger partial charge in [0.15, 0.2) is 6.19 Å². The maximum Gasteiger partial charge on any atom is 0.251 e. The molecule has 1 unspecified atom stereocenters. The van der Waals surface area contributed by atoms with Crippen molar-refractivity contribution in [3.05, 3.63) is 47.3 Å². The number of rotatable bonds is 7. The van der Waals surface area contributed by atoms with Crippen LogP contribution >= 0.6 is 0 Å². The maximum absolute atomic E-state index is 14.4. The van der Waals surface area contributed by atoms with Gasteiger partial charge in [-0.25, -0.2) is 8.78 Å². The Morgan fingerprint density at radius 2 is 1.85 bits per heavy atom. The van der Waals surface area contributed by atoms with Gasteiger partial charge in [0.25, 0.3) is 5.91 Å². The average molecular weight is 569 g/mol. The van der Waals surface area contributed by atoms with Gasteiger partial charge in [-0.15, -0.1) is 0 Å². The monoisotopic (exact) mass is 568 g/mol. The number of nitriles is 1. The number of alkyl halides is 2. The first-order chi connectivity index (χ1) is 19.4. The number of halogens is 2. The fraction of sp³-hybridized carbons (Fsp3) is 0.600. The zero-order valence-electron chi connectivity index (χ0n) is 23.7. The normalized spacial score (nSPS) is 23.6. The molecule has 1 aromatic carbocycles. The van der Waals surface area contributed by atoms with Gasteiger partial charge in [0.2, 0.25) is 11.8 Å². The minimum atomic E-state index is -2.74. The molecule has 0 radical (unpaired) electrons. The number of nitrogens with zero attached hydrogens (tertiary/aromatic N) is 4. The summed E-state index contributed by atoms with van der Waals surface area (Å²) < 4.78 is 27.7. The number of amides is 2. The molecular formula is C30H38F2N6O3. The number of nitrogens with one attached hydrogen (secondary N) is 2. The van der Waals surface area contributed by atoms with Gasteiger partial charge in [0.1, 0.15) is 12.1 Å². The fourth-order valence-electron chi connectivity index (χ4n) is 5.93. The second-order valence-corrected chi connectivity index (χ2v) is 12.7. The molecule has 2 heterocycles. The molecule has 0 spiro atoms. The number of benzene rings is 1. The van der Waals surface area contributed by atoms with Crippen molar-refractivity contribution in [2.45, 2.75) is 107 Å². The number of aliphatic hydroxyl groups is 1. The van der Waals surface area contributed by atoms with E-state index in [1.165, 1.54) is 9.80 Å². The number of hydrogen-bond acceptors (Lipinski definition) is 6. The summed E-state index contributed by atoms with van der Waals surface area (Å²) in [6.07, 6.45) is 4.26. The molecule has 1 saturated heterocycles. The molecule has 0 bridgehead atoms. The summed E-state index contributed by atoms with van der Waals surface area (Å²) >= 11 is 0. The Balaban J connectivity index is 1.57. The summed E-state index contributed by atoms with van der Waals surface area (Å²) in [5.41, 5.74) is 2.66. The van der Waals surface area contributed by atoms with Crippen molar-refractivity contribution < 1.29 is 23.5 Å². The standard InChI is InChI=1S/C30H38F2N6O3/c1-29(2,3)19-6-8-21(9-7-19)38(28(41)24-14-22(39)16-37(24)17-33)26(23-15-34-36-25(23)18-4-5-18)27(40)35-20-10-12-30(31,32)13-11-20/h6-9,15,18,20,22,24,26,39H,4-5,10-14,16H2,1-3H3,(H,34,36)(H,35,40)/t22-,24-,26?/m1/s1. The van der Waals surface area contributed by atoms with Crippen LogP contribution in [-0.2, 0) is 15.0 Å². The van der Waals surface area contributed by atoms with Crippen molar-refractivity contribution in [2.24, 2.45) is 0 Å². The maximum atomic E-state index is 14.4. The molecule has 11 heteroatoms. The topological polar surface area (TPSA) is 125 Å². The van der Waals surface area contributed by atoms with Crippen LogP contribution in [0.5, 0.6) is 0 Å². The first-order valence-corrected chi connectivity index (χ1v) is 14.4. The molecule has 2 amide bonds. The molecule has 2 aromatic rings. The van der Waals surface area contributed by atoms with E-state index in [1.807, 2.05) is 18.3 Å². The highest BCUT2D eigenvalue weighted by Crippen LogP contribution is 2.44. The Bertz CT molecular complexity index is 1300. The summed E-state index contributed by atoms with van der Waals surface area (Å²) in [6.45, 7) is 6.25. The van der Waals surface area contributed by atoms with Crippen LogP contribution in [0.3, 0.4) is 0 Å². The van der Waals surface area contributed by atoms with E-state index < -0.39 is 42.0 Å². The van der Waals surface area contributed by atoms with E-state index in [4.69, 9.17) is 0 Å². The molecule has 41 heavy (non-hydrogen) atoms. The van der Waals surface area contributed by atoms with Crippen molar-refractivity contribution in [3.8, 4) is 6.19 Å². The second-order valence-electron chi connectivity index (χ2n) is 12.7. The van der Waals surface area contributed by atoms with E-state index in [9.17, 15) is 28.7 Å². The smallest absolute Gasteiger partial charge is 0.251 e. The number of anilines is 1. The lowest BCUT2D eigenvalue weighted by Gasteiger charge is -2.36. The third kappa shape index (κ3) is 6.22. The van der Waals surface area contributed by atoms with E-state index in [1.54, 1.807) is 18.3 Å². The fourth-order valence-corrected chi connectivity index (χ4v) is 5.93. The molecule has 3 N–H and O–H groups in total. The van der Waals surface area contributed by atoms with Crippen molar-refractivity contribution in [1.29, 1.82) is 5.26 Å². The number of carbonyl (C=O) groups excluding carboxylic acids is 2. The molecule has 9 nitrogen and oxygen atoms in total. The highest BCUT2D eigenvalue weighted by Gasteiger charge is 2.45. The van der Waals surface area contributed by atoms with Crippen molar-refractivity contribution in [3.63, 3.8) is 0 Å². The third-order valence-electron chi connectivity index (χ3n) is 8.49. The predicted octanol–water partition coefficient (Wildman–Crippen LogP) is 4.27. The third-order valence-corrected chi connectivity index (χ3v) is 8.49. The van der Waals surface area contributed by atoms with Gasteiger partial charge in [0, 0.05) is 48.2 Å². The molecule has 1 aliphatic heterocycles. The Hall–Kier alpha value is -3.52. The van der Waals surface area contributed by atoms with Gasteiger partial charge < -0.3 is 10.4 Å². The zero-order valence-corrected chi connectivity index (χ0v) is 23.7. The lowest BCUT2D eigenvalue weighted by molar-refractivity contribution is -0.129. The Labute approximate surface area is 238 Å². The number of aliphatic hydroxyl groups excluding tert-OH is 1. The van der Waals surface area contributed by atoms with Crippen molar-refractivity contribution >= 4 is 17.5 Å². The van der Waals surface area contributed by atoms with Gasteiger partial charge in [0.05, 0.1) is 18.8 Å². The van der Waals surface area contributed by atoms with Gasteiger partial charge in [-0.2, -0.15) is 10.4 Å². The minimum Gasteiger partial charge on any atom is -0.391 e. The molecule has 3 fully saturated rings. The number of carbonyl (C=O) groups is 2. The summed E-state index contributed by atoms with van der Waals surface area (Å²) in [5, 5.41) is 30.3. The lowest BCUT2D eigenvalue weighted by atomic mass is 9.87.